The Balaban J connectivity index is 0.00000583. The van der Waals surface area contributed by atoms with Gasteiger partial charge in [0.15, 0.2) is 0 Å². The van der Waals surface area contributed by atoms with Gasteiger partial charge in [-0.15, -0.1) is 47.5 Å². The van der Waals surface area contributed by atoms with Crippen LogP contribution in [0, 0.1) is 34.8 Å². The van der Waals surface area contributed by atoms with Crippen molar-refractivity contribution in [3.05, 3.63) is 201 Å². The molecule has 0 radical (unpaired) electrons. The van der Waals surface area contributed by atoms with E-state index in [2.05, 4.69) is 272 Å². The number of rotatable bonds is 8. The Bertz CT molecular complexity index is 4730. The number of hydrogen-bond donors (Lipinski definition) is 2. The number of fused-ring (bicyclic) bond motifs is 2. The zero-order chi connectivity index (χ0) is 71.7. The number of para-hydroxylation sites is 2. The van der Waals surface area contributed by atoms with E-state index in [0.29, 0.717) is 78.6 Å². The number of aromatic nitrogens is 6. The second kappa shape index (κ2) is 26.6. The predicted molar refractivity (Wildman–Crippen MR) is 404 cm³/mol. The Kier molecular flexibility index (Phi) is 20.2. The van der Waals surface area contributed by atoms with Crippen LogP contribution in [0.5, 0.6) is 11.5 Å². The molecular weight excluding hydrogens is 1590 g/mol. The topological polar surface area (TPSA) is 149 Å². The van der Waals surface area contributed by atoms with E-state index < -0.39 is 10.8 Å². The van der Waals surface area contributed by atoms with E-state index in [1.807, 2.05) is 42.5 Å². The molecule has 3 aromatic heterocycles. The van der Waals surface area contributed by atoms with Crippen LogP contribution in [0.2, 0.25) is 0 Å². The summed E-state index contributed by atoms with van der Waals surface area (Å²) in [6.07, 6.45) is 1.50. The molecule has 11 aromatic rings. The molecule has 0 amide bonds. The molecule has 0 aliphatic rings. The van der Waals surface area contributed by atoms with Gasteiger partial charge in [0.2, 0.25) is 0 Å². The van der Waals surface area contributed by atoms with Gasteiger partial charge < -0.3 is 10.2 Å². The van der Waals surface area contributed by atoms with Crippen molar-refractivity contribution in [3.63, 3.8) is 0 Å². The molecule has 0 saturated carbocycles. The monoisotopic (exact) mass is 1690 g/mol. The summed E-state index contributed by atoms with van der Waals surface area (Å²) in [4.78, 5) is 20.9. The van der Waals surface area contributed by atoms with Gasteiger partial charge in [0.05, 0.1) is 51.7 Å². The molecule has 11 rings (SSSR count). The third kappa shape index (κ3) is 14.9. The van der Waals surface area contributed by atoms with Crippen molar-refractivity contribution in [2.24, 2.45) is 0 Å². The van der Waals surface area contributed by atoms with Crippen LogP contribution in [-0.4, -0.2) is 39.3 Å². The Morgan fingerprint density at radius 1 is 0.350 bits per heavy atom. The Morgan fingerprint density at radius 3 is 0.940 bits per heavy atom. The van der Waals surface area contributed by atoms with Crippen LogP contribution in [0.3, 0.4) is 0 Å². The third-order valence-corrected chi connectivity index (χ3v) is 19.0. The van der Waals surface area contributed by atoms with Crippen molar-refractivity contribution in [2.45, 2.75) is 209 Å². The number of phenolic OH excluding ortho intramolecular Hbond substituents is 2. The predicted octanol–water partition coefficient (Wildman–Crippen LogP) is 22.3. The first-order valence-corrected chi connectivity index (χ1v) is 34.2. The summed E-state index contributed by atoms with van der Waals surface area (Å²) >= 11 is 0. The average molecular weight is 1690 g/mol. The molecule has 0 fully saturated rings. The van der Waals surface area contributed by atoms with Crippen molar-refractivity contribution in [3.8, 4) is 103 Å². The number of nitriles is 2. The molecule has 10 nitrogen and oxygen atoms in total. The summed E-state index contributed by atoms with van der Waals surface area (Å²) in [6.45, 7) is 52.8. The van der Waals surface area contributed by atoms with E-state index in [9.17, 15) is 20.7 Å². The maximum Gasteiger partial charge on any atom is 0.148 e. The SMILES string of the molecule is CC(C)(C)c1cc(-n2c(-c3cc(C(C)(C)C)cc(C(C)(C)C)c3O)nc3c(-c4[c-]c(-c5cc(-c6[c-]c(-c7cccc8c7nc(-c7cc(C(C)(C)C)cc(C(C)(C)C)c7O)n8-c7cc(C(C)(C)C)cc(C(C)(C)C)c7)cc(C#N)c6)ncn5)cc(C#N)c4)cccc32)cc(C(C)(C)C)c1.[Pt].[Pt]. The summed E-state index contributed by atoms with van der Waals surface area (Å²) in [6, 6.07) is 55.7. The number of nitrogens with zero attached hydrogens (tertiary/aromatic N) is 8. The fourth-order valence-electron chi connectivity index (χ4n) is 12.8. The van der Waals surface area contributed by atoms with Crippen LogP contribution in [0.1, 0.15) is 222 Å². The average Bonchev–Trinajstić information content (AvgIpc) is 1.56. The smallest absolute Gasteiger partial charge is 0.148 e. The van der Waals surface area contributed by atoms with Crippen molar-refractivity contribution in [1.82, 2.24) is 29.1 Å². The molecule has 522 valence electrons. The van der Waals surface area contributed by atoms with Crippen LogP contribution < -0.4 is 0 Å². The molecule has 0 aliphatic heterocycles. The van der Waals surface area contributed by atoms with Crippen LogP contribution in [-0.2, 0) is 85.5 Å². The van der Waals surface area contributed by atoms with E-state index in [4.69, 9.17) is 19.9 Å². The number of aromatic hydroxyl groups is 2. The summed E-state index contributed by atoms with van der Waals surface area (Å²) in [5.74, 6) is 1.54. The third-order valence-electron chi connectivity index (χ3n) is 19.0. The molecule has 0 bridgehead atoms. The second-order valence-corrected chi connectivity index (χ2v) is 35.2. The molecule has 2 N–H and O–H groups in total. The van der Waals surface area contributed by atoms with Gasteiger partial charge in [-0.2, -0.15) is 10.5 Å². The quantitative estimate of drug-likeness (QED) is 0.143. The van der Waals surface area contributed by atoms with Crippen LogP contribution >= 0.6 is 0 Å². The van der Waals surface area contributed by atoms with Crippen LogP contribution in [0.15, 0.2) is 134 Å². The van der Waals surface area contributed by atoms with Crippen molar-refractivity contribution in [1.29, 1.82) is 10.5 Å². The molecule has 0 aliphatic carbocycles. The summed E-state index contributed by atoms with van der Waals surface area (Å²) in [5.41, 5.74) is 18.1. The first kappa shape index (κ1) is 75.9. The molecule has 12 heteroatoms. The van der Waals surface area contributed by atoms with Gasteiger partial charge in [0.1, 0.15) is 23.1 Å². The number of hydrogen-bond acceptors (Lipinski definition) is 8. The Hall–Kier alpha value is -8.26. The molecule has 100 heavy (non-hydrogen) atoms. The number of benzene rings is 8. The number of phenols is 2. The minimum atomic E-state index is -0.402. The standard InChI is InChI=1S/C88H96N8O2.2Pt/c1-81(2,3)57-37-58(82(4,5)6)40-63(39-57)95-73-29-25-27-65(75(73)93-79(95)67-43-61(85(13,14)15)45-69(77(67)97)87(19,20)21)53-31-51(48-89)33-55(35-53)71-47-72(92-50-91-71)56-34-52(49-90)32-54(36-56)66-28-26-30-74-76(66)94-80(68-44-62(86(16,17)18)46-70(78(68)98)88(22,23)24)96(74)64-41-59(83(7,8)9)38-60(42-64)84(10,11)12;;/h25-34,37-47,50,97-98H,1-24H3;;/q-2;;. The van der Waals surface area contributed by atoms with Crippen LogP contribution in [0.25, 0.3) is 101 Å². The molecule has 3 heterocycles. The van der Waals surface area contributed by atoms with Gasteiger partial charge in [-0.3, -0.25) is 19.1 Å². The van der Waals surface area contributed by atoms with Crippen molar-refractivity contribution >= 4 is 22.1 Å². The fraction of sp³-hybridized carbons (Fsp3) is 0.364. The minimum absolute atomic E-state index is 0. The normalized spacial score (nSPS) is 12.7. The van der Waals surface area contributed by atoms with Gasteiger partial charge in [-0.05, 0) is 136 Å². The summed E-state index contributed by atoms with van der Waals surface area (Å²) < 4.78 is 4.39. The number of imidazole rings is 2. The van der Waals surface area contributed by atoms with Gasteiger partial charge in [0, 0.05) is 76.0 Å². The maximum atomic E-state index is 12.7. The maximum absolute atomic E-state index is 12.7. The first-order valence-electron chi connectivity index (χ1n) is 34.2. The second-order valence-electron chi connectivity index (χ2n) is 35.2. The fourth-order valence-corrected chi connectivity index (χ4v) is 12.8. The summed E-state index contributed by atoms with van der Waals surface area (Å²) in [5, 5.41) is 47.1. The van der Waals surface area contributed by atoms with Crippen molar-refractivity contribution in [2.75, 3.05) is 0 Å². The first-order chi connectivity index (χ1) is 45.3. The van der Waals surface area contributed by atoms with Gasteiger partial charge in [0.25, 0.3) is 0 Å². The zero-order valence-corrected chi connectivity index (χ0v) is 67.4. The van der Waals surface area contributed by atoms with Crippen molar-refractivity contribution < 1.29 is 52.3 Å². The van der Waals surface area contributed by atoms with Crippen LogP contribution in [0.4, 0.5) is 0 Å². The molecular formula is C88H96N8O2Pt2-2. The van der Waals surface area contributed by atoms with E-state index in [0.717, 1.165) is 55.8 Å². The Labute approximate surface area is 623 Å². The van der Waals surface area contributed by atoms with Gasteiger partial charge in [-0.25, -0.2) is 9.97 Å². The zero-order valence-electron chi connectivity index (χ0n) is 62.8. The largest absolute Gasteiger partial charge is 0.507 e. The minimum Gasteiger partial charge on any atom is -0.507 e. The molecule has 0 saturated heterocycles. The molecule has 8 aromatic carbocycles. The Morgan fingerprint density at radius 2 is 0.650 bits per heavy atom. The molecule has 0 unspecified atom stereocenters. The molecule has 0 atom stereocenters. The summed E-state index contributed by atoms with van der Waals surface area (Å²) in [7, 11) is 0. The van der Waals surface area contributed by atoms with Gasteiger partial charge >= 0.3 is 0 Å². The molecule has 0 spiro atoms. The van der Waals surface area contributed by atoms with Gasteiger partial charge in [-0.1, -0.05) is 243 Å². The van der Waals surface area contributed by atoms with E-state index in [1.165, 1.54) is 28.6 Å². The van der Waals surface area contributed by atoms with E-state index in [1.54, 1.807) is 12.1 Å². The van der Waals surface area contributed by atoms with E-state index in [-0.39, 0.29) is 86.1 Å². The van der Waals surface area contributed by atoms with E-state index >= 15 is 0 Å².